The predicted octanol–water partition coefficient (Wildman–Crippen LogP) is 3.15. The fourth-order valence-electron chi connectivity index (χ4n) is 1.72. The topological polar surface area (TPSA) is 68.3 Å². The van der Waals surface area contributed by atoms with E-state index < -0.39 is 15.7 Å². The summed E-state index contributed by atoms with van der Waals surface area (Å²) in [7, 11) is 0. The summed E-state index contributed by atoms with van der Waals surface area (Å²) in [6.45, 7) is 5.39. The number of amides is 1. The molecule has 0 aromatic carbocycles. The lowest BCUT2D eigenvalue weighted by Gasteiger charge is -2.10. The number of hydrogen-bond acceptors (Lipinski definition) is 5. The molecular formula is C12H14Cl2N2O3S. The molecule has 110 valence electrons. The summed E-state index contributed by atoms with van der Waals surface area (Å²) < 4.78 is 3.88. The summed E-state index contributed by atoms with van der Waals surface area (Å²) in [5.41, 5.74) is -0.299. The number of halogens is 2. The summed E-state index contributed by atoms with van der Waals surface area (Å²) in [5.74, 6) is -0.740. The first-order valence-electron chi connectivity index (χ1n) is 6.05. The third-order valence-electron chi connectivity index (χ3n) is 3.24. The Labute approximate surface area is 130 Å². The van der Waals surface area contributed by atoms with Gasteiger partial charge < -0.3 is 10.1 Å². The van der Waals surface area contributed by atoms with Crippen molar-refractivity contribution in [1.82, 2.24) is 4.98 Å². The average molecular weight is 337 g/mol. The van der Waals surface area contributed by atoms with Crippen LogP contribution in [0.2, 0.25) is 0 Å². The first-order valence-corrected chi connectivity index (χ1v) is 7.62. The van der Waals surface area contributed by atoms with Crippen molar-refractivity contribution in [2.45, 2.75) is 31.5 Å². The van der Waals surface area contributed by atoms with Crippen LogP contribution in [0.25, 0.3) is 0 Å². The van der Waals surface area contributed by atoms with Gasteiger partial charge in [0.05, 0.1) is 17.7 Å². The molecule has 8 heteroatoms. The van der Waals surface area contributed by atoms with E-state index in [0.717, 1.165) is 11.3 Å². The SMILES string of the molecule is CCOC(=O)c1sc(NC(=O)C2(C)CC2(Cl)Cl)nc1C. The number of esters is 1. The second-order valence-corrected chi connectivity index (χ2v) is 7.30. The maximum absolute atomic E-state index is 12.1. The molecule has 0 spiro atoms. The number of alkyl halides is 2. The molecule has 1 unspecified atom stereocenters. The maximum atomic E-state index is 12.1. The van der Waals surface area contributed by atoms with E-state index in [1.54, 1.807) is 20.8 Å². The van der Waals surface area contributed by atoms with E-state index >= 15 is 0 Å². The van der Waals surface area contributed by atoms with Gasteiger partial charge in [-0.15, -0.1) is 23.2 Å². The van der Waals surface area contributed by atoms with E-state index in [-0.39, 0.29) is 12.5 Å². The Morgan fingerprint density at radius 3 is 2.60 bits per heavy atom. The zero-order valence-corrected chi connectivity index (χ0v) is 13.6. The third-order valence-corrected chi connectivity index (χ3v) is 5.39. The van der Waals surface area contributed by atoms with Crippen molar-refractivity contribution in [1.29, 1.82) is 0 Å². The van der Waals surface area contributed by atoms with Gasteiger partial charge in [-0.2, -0.15) is 0 Å². The molecule has 0 bridgehead atoms. The fourth-order valence-corrected chi connectivity index (χ4v) is 3.28. The second kappa shape index (κ2) is 5.16. The average Bonchev–Trinajstić information content (AvgIpc) is 2.67. The van der Waals surface area contributed by atoms with Crippen molar-refractivity contribution in [2.24, 2.45) is 5.41 Å². The molecule has 5 nitrogen and oxygen atoms in total. The van der Waals surface area contributed by atoms with E-state index in [4.69, 9.17) is 27.9 Å². The van der Waals surface area contributed by atoms with Crippen molar-refractivity contribution in [2.75, 3.05) is 11.9 Å². The van der Waals surface area contributed by atoms with Crippen LogP contribution in [0, 0.1) is 12.3 Å². The normalized spacial score (nSPS) is 23.2. The summed E-state index contributed by atoms with van der Waals surface area (Å²) in [6.07, 6.45) is 0.393. The first kappa shape index (κ1) is 15.5. The number of nitrogens with zero attached hydrogens (tertiary/aromatic N) is 1. The number of thiazole rings is 1. The van der Waals surface area contributed by atoms with Crippen LogP contribution in [-0.2, 0) is 9.53 Å². The number of carbonyl (C=O) groups excluding carboxylic acids is 2. The molecule has 1 heterocycles. The van der Waals surface area contributed by atoms with Crippen LogP contribution >= 0.6 is 34.5 Å². The van der Waals surface area contributed by atoms with Gasteiger partial charge in [0, 0.05) is 0 Å². The van der Waals surface area contributed by atoms with Crippen LogP contribution in [0.4, 0.5) is 5.13 Å². The van der Waals surface area contributed by atoms with Crippen LogP contribution < -0.4 is 5.32 Å². The summed E-state index contributed by atoms with van der Waals surface area (Å²) in [5, 5.41) is 2.99. The monoisotopic (exact) mass is 336 g/mol. The molecule has 0 saturated heterocycles. The Morgan fingerprint density at radius 1 is 1.50 bits per heavy atom. The van der Waals surface area contributed by atoms with E-state index in [2.05, 4.69) is 10.3 Å². The molecule has 1 amide bonds. The molecule has 0 radical (unpaired) electrons. The molecule has 1 saturated carbocycles. The summed E-state index contributed by atoms with van der Waals surface area (Å²) in [4.78, 5) is 28.3. The number of anilines is 1. The Kier molecular flexibility index (Phi) is 4.01. The van der Waals surface area contributed by atoms with Gasteiger partial charge in [-0.05, 0) is 27.2 Å². The molecule has 2 rings (SSSR count). The quantitative estimate of drug-likeness (QED) is 0.677. The van der Waals surface area contributed by atoms with E-state index in [1.807, 2.05) is 0 Å². The van der Waals surface area contributed by atoms with Crippen molar-refractivity contribution in [3.63, 3.8) is 0 Å². The van der Waals surface area contributed by atoms with Crippen molar-refractivity contribution < 1.29 is 14.3 Å². The number of ether oxygens (including phenoxy) is 1. The van der Waals surface area contributed by atoms with Gasteiger partial charge in [0.15, 0.2) is 5.13 Å². The largest absolute Gasteiger partial charge is 0.462 e. The van der Waals surface area contributed by atoms with Crippen molar-refractivity contribution in [3.8, 4) is 0 Å². The minimum Gasteiger partial charge on any atom is -0.462 e. The molecule has 1 aliphatic carbocycles. The molecule has 0 aliphatic heterocycles. The summed E-state index contributed by atoms with van der Waals surface area (Å²) in [6, 6.07) is 0. The van der Waals surface area contributed by atoms with E-state index in [9.17, 15) is 9.59 Å². The minimum atomic E-state index is -1.03. The van der Waals surface area contributed by atoms with E-state index in [1.165, 1.54) is 0 Å². The number of rotatable bonds is 4. The number of aryl methyl sites for hydroxylation is 1. The van der Waals surface area contributed by atoms with Gasteiger partial charge in [0.1, 0.15) is 9.21 Å². The molecule has 1 aliphatic rings. The van der Waals surface area contributed by atoms with Crippen LogP contribution in [0.15, 0.2) is 0 Å². The van der Waals surface area contributed by atoms with Gasteiger partial charge in [-0.25, -0.2) is 9.78 Å². The summed E-state index contributed by atoms with van der Waals surface area (Å²) >= 11 is 13.0. The molecular weight excluding hydrogens is 323 g/mol. The smallest absolute Gasteiger partial charge is 0.350 e. The van der Waals surface area contributed by atoms with Crippen molar-refractivity contribution >= 4 is 51.5 Å². The Balaban J connectivity index is 2.10. The van der Waals surface area contributed by atoms with Crippen molar-refractivity contribution in [3.05, 3.63) is 10.6 Å². The van der Waals surface area contributed by atoms with Crippen LogP contribution in [0.3, 0.4) is 0 Å². The Morgan fingerprint density at radius 2 is 2.10 bits per heavy atom. The Hall–Kier alpha value is -0.850. The van der Waals surface area contributed by atoms with Gasteiger partial charge in [-0.1, -0.05) is 11.3 Å². The van der Waals surface area contributed by atoms with Crippen LogP contribution in [0.1, 0.15) is 35.6 Å². The van der Waals surface area contributed by atoms with Gasteiger partial charge >= 0.3 is 5.97 Å². The van der Waals surface area contributed by atoms with Gasteiger partial charge in [0.2, 0.25) is 5.91 Å². The van der Waals surface area contributed by atoms with Crippen LogP contribution in [0.5, 0.6) is 0 Å². The first-order chi connectivity index (χ1) is 9.21. The number of nitrogens with one attached hydrogen (secondary N) is 1. The molecule has 1 aromatic rings. The fraction of sp³-hybridized carbons (Fsp3) is 0.583. The zero-order chi connectivity index (χ0) is 15.1. The molecule has 1 atom stereocenters. The van der Waals surface area contributed by atoms with E-state index in [0.29, 0.717) is 22.1 Å². The van der Waals surface area contributed by atoms with Gasteiger partial charge in [-0.3, -0.25) is 4.79 Å². The van der Waals surface area contributed by atoms with Gasteiger partial charge in [0.25, 0.3) is 0 Å². The lowest BCUT2D eigenvalue weighted by molar-refractivity contribution is -0.120. The lowest BCUT2D eigenvalue weighted by atomic mass is 10.1. The molecule has 1 aromatic heterocycles. The molecule has 20 heavy (non-hydrogen) atoms. The third kappa shape index (κ3) is 2.64. The molecule has 1 N–H and O–H groups in total. The number of carbonyl (C=O) groups is 2. The second-order valence-electron chi connectivity index (χ2n) is 4.82. The highest BCUT2D eigenvalue weighted by Crippen LogP contribution is 2.64. The lowest BCUT2D eigenvalue weighted by Crippen LogP contribution is -2.25. The zero-order valence-electron chi connectivity index (χ0n) is 11.3. The predicted molar refractivity (Wildman–Crippen MR) is 78.6 cm³/mol. The Bertz CT molecular complexity index is 573. The van der Waals surface area contributed by atoms with Crippen LogP contribution in [-0.4, -0.2) is 27.8 Å². The number of hydrogen-bond donors (Lipinski definition) is 1. The number of aromatic nitrogens is 1. The maximum Gasteiger partial charge on any atom is 0.350 e. The molecule has 1 fully saturated rings. The minimum absolute atomic E-state index is 0.289. The highest BCUT2D eigenvalue weighted by molar-refractivity contribution is 7.17. The highest BCUT2D eigenvalue weighted by atomic mass is 35.5. The standard InChI is InChI=1S/C12H14Cl2N2O3S/c1-4-19-8(17)7-6(2)15-10(20-7)16-9(18)11(3)5-12(11,13)14/h4-5H2,1-3H3,(H,15,16,18). The highest BCUT2D eigenvalue weighted by Gasteiger charge is 2.68.